The van der Waals surface area contributed by atoms with Gasteiger partial charge in [0.25, 0.3) is 0 Å². The van der Waals surface area contributed by atoms with Crippen molar-refractivity contribution >= 4 is 17.3 Å². The number of halogens is 1. The number of pyridine rings is 1. The van der Waals surface area contributed by atoms with Crippen LogP contribution >= 0.6 is 11.6 Å². The van der Waals surface area contributed by atoms with E-state index in [9.17, 15) is 0 Å². The van der Waals surface area contributed by atoms with Gasteiger partial charge in [-0.2, -0.15) is 0 Å². The van der Waals surface area contributed by atoms with Gasteiger partial charge in [0.2, 0.25) is 0 Å². The fraction of sp³-hybridized carbons (Fsp3) is 0.154. The molecule has 0 aliphatic carbocycles. The zero-order chi connectivity index (χ0) is 13.0. The Morgan fingerprint density at radius 1 is 1.22 bits per heavy atom. The summed E-state index contributed by atoms with van der Waals surface area (Å²) >= 11 is 5.86. The molecule has 0 bridgehead atoms. The first kappa shape index (κ1) is 12.8. The first-order valence-corrected chi connectivity index (χ1v) is 5.98. The van der Waals surface area contributed by atoms with E-state index in [2.05, 4.69) is 10.4 Å². The van der Waals surface area contributed by atoms with E-state index in [4.69, 9.17) is 23.2 Å². The molecule has 0 aliphatic rings. The Hall–Kier alpha value is -1.62. The lowest BCUT2D eigenvalue weighted by Gasteiger charge is -2.17. The van der Waals surface area contributed by atoms with Gasteiger partial charge in [0.1, 0.15) is 0 Å². The molecule has 2 aromatic rings. The molecule has 1 aromatic carbocycles. The third-order valence-corrected chi connectivity index (χ3v) is 3.09. The van der Waals surface area contributed by atoms with E-state index in [-0.39, 0.29) is 6.04 Å². The first-order valence-electron chi connectivity index (χ1n) is 5.60. The van der Waals surface area contributed by atoms with E-state index in [1.54, 1.807) is 18.5 Å². The fourth-order valence-corrected chi connectivity index (χ4v) is 1.92. The molecule has 0 amide bonds. The Kier molecular flexibility index (Phi) is 4.15. The number of rotatable bonds is 4. The van der Waals surface area contributed by atoms with E-state index in [0.717, 1.165) is 16.8 Å². The van der Waals surface area contributed by atoms with Crippen molar-refractivity contribution in [3.8, 4) is 0 Å². The molecule has 18 heavy (non-hydrogen) atoms. The van der Waals surface area contributed by atoms with Gasteiger partial charge in [0.05, 0.1) is 6.04 Å². The predicted molar refractivity (Wildman–Crippen MR) is 73.9 cm³/mol. The van der Waals surface area contributed by atoms with Crippen molar-refractivity contribution in [1.82, 2.24) is 10.4 Å². The third kappa shape index (κ3) is 2.98. The van der Waals surface area contributed by atoms with Crippen LogP contribution in [0.1, 0.15) is 17.2 Å². The monoisotopic (exact) mass is 262 g/mol. The highest BCUT2D eigenvalue weighted by Crippen LogP contribution is 2.22. The molecule has 0 fully saturated rings. The maximum Gasteiger partial charge on any atom is 0.0501 e. The number of benzene rings is 1. The number of hydrogen-bond donors (Lipinski definition) is 3. The number of hydrazine groups is 1. The average Bonchev–Trinajstić information content (AvgIpc) is 2.39. The van der Waals surface area contributed by atoms with Crippen molar-refractivity contribution in [2.45, 2.75) is 12.5 Å². The molecular formula is C13H15ClN4. The van der Waals surface area contributed by atoms with Gasteiger partial charge in [-0.3, -0.25) is 16.3 Å². The summed E-state index contributed by atoms with van der Waals surface area (Å²) in [6, 6.07) is 9.33. The topological polar surface area (TPSA) is 77.0 Å². The van der Waals surface area contributed by atoms with Gasteiger partial charge in [0, 0.05) is 23.1 Å². The minimum atomic E-state index is -0.0197. The predicted octanol–water partition coefficient (Wildman–Crippen LogP) is 2.06. The van der Waals surface area contributed by atoms with Crippen LogP contribution in [0.4, 0.5) is 5.69 Å². The van der Waals surface area contributed by atoms with Crippen LogP contribution in [0.5, 0.6) is 0 Å². The minimum Gasteiger partial charge on any atom is -0.398 e. The highest BCUT2D eigenvalue weighted by Gasteiger charge is 2.12. The lowest BCUT2D eigenvalue weighted by molar-refractivity contribution is 0.552. The first-order chi connectivity index (χ1) is 8.70. The molecule has 5 N–H and O–H groups in total. The van der Waals surface area contributed by atoms with Crippen LogP contribution < -0.4 is 17.0 Å². The van der Waals surface area contributed by atoms with Gasteiger partial charge in [-0.25, -0.2) is 0 Å². The van der Waals surface area contributed by atoms with Crippen LogP contribution in [0.2, 0.25) is 5.02 Å². The van der Waals surface area contributed by atoms with Gasteiger partial charge in [-0.15, -0.1) is 0 Å². The lowest BCUT2D eigenvalue weighted by atomic mass is 10.00. The Morgan fingerprint density at radius 3 is 2.56 bits per heavy atom. The van der Waals surface area contributed by atoms with E-state index >= 15 is 0 Å². The lowest BCUT2D eigenvalue weighted by Crippen LogP contribution is -2.29. The second-order valence-electron chi connectivity index (χ2n) is 4.05. The van der Waals surface area contributed by atoms with Crippen LogP contribution in [0.25, 0.3) is 0 Å². The molecule has 1 unspecified atom stereocenters. The fourth-order valence-electron chi connectivity index (χ4n) is 1.80. The minimum absolute atomic E-state index is 0.0197. The normalized spacial score (nSPS) is 12.3. The molecule has 1 aromatic heterocycles. The van der Waals surface area contributed by atoms with E-state index in [1.165, 1.54) is 0 Å². The molecule has 0 aliphatic heterocycles. The number of nitrogens with zero attached hydrogens (tertiary/aromatic N) is 1. The zero-order valence-corrected chi connectivity index (χ0v) is 10.6. The maximum atomic E-state index is 5.90. The Bertz CT molecular complexity index is 513. The van der Waals surface area contributed by atoms with E-state index < -0.39 is 0 Å². The van der Waals surface area contributed by atoms with Gasteiger partial charge < -0.3 is 5.73 Å². The smallest absolute Gasteiger partial charge is 0.0501 e. The number of hydrogen-bond acceptors (Lipinski definition) is 4. The molecule has 94 valence electrons. The van der Waals surface area contributed by atoms with Gasteiger partial charge in [0.15, 0.2) is 0 Å². The van der Waals surface area contributed by atoms with Crippen molar-refractivity contribution in [3.05, 3.63) is 58.9 Å². The van der Waals surface area contributed by atoms with Crippen molar-refractivity contribution < 1.29 is 0 Å². The van der Waals surface area contributed by atoms with Crippen molar-refractivity contribution in [2.24, 2.45) is 5.84 Å². The molecule has 0 saturated heterocycles. The largest absolute Gasteiger partial charge is 0.398 e. The van der Waals surface area contributed by atoms with Crippen LogP contribution in [-0.4, -0.2) is 4.98 Å². The summed E-state index contributed by atoms with van der Waals surface area (Å²) in [5, 5.41) is 0.704. The van der Waals surface area contributed by atoms with Crippen LogP contribution in [0.3, 0.4) is 0 Å². The Balaban J connectivity index is 2.20. The standard InChI is InChI=1S/C13H15ClN4/c14-11-3-1-9(2-4-11)13(18-16)7-10-8-17-6-5-12(10)15/h1-6,8,13,18H,7,16H2,(H2,15,17). The van der Waals surface area contributed by atoms with E-state index in [0.29, 0.717) is 11.4 Å². The summed E-state index contributed by atoms with van der Waals surface area (Å²) in [5.41, 5.74) is 11.4. The molecule has 5 heteroatoms. The van der Waals surface area contributed by atoms with Crippen LogP contribution in [0.15, 0.2) is 42.7 Å². The Morgan fingerprint density at radius 2 is 1.94 bits per heavy atom. The SMILES string of the molecule is NNC(Cc1cnccc1N)c1ccc(Cl)cc1. The second-order valence-corrected chi connectivity index (χ2v) is 4.49. The number of nitrogen functional groups attached to an aromatic ring is 1. The number of anilines is 1. The number of aromatic nitrogens is 1. The summed E-state index contributed by atoms with van der Waals surface area (Å²) in [4.78, 5) is 4.07. The second kappa shape index (κ2) is 5.82. The quantitative estimate of drug-likeness (QED) is 0.582. The molecule has 0 radical (unpaired) electrons. The summed E-state index contributed by atoms with van der Waals surface area (Å²) in [6.45, 7) is 0. The van der Waals surface area contributed by atoms with Crippen LogP contribution in [0, 0.1) is 0 Å². The number of nitrogens with one attached hydrogen (secondary N) is 1. The molecule has 4 nitrogen and oxygen atoms in total. The molecule has 0 spiro atoms. The summed E-state index contributed by atoms with van der Waals surface area (Å²) in [6.07, 6.45) is 4.11. The zero-order valence-electron chi connectivity index (χ0n) is 9.81. The summed E-state index contributed by atoms with van der Waals surface area (Å²) in [7, 11) is 0. The van der Waals surface area contributed by atoms with Crippen LogP contribution in [-0.2, 0) is 6.42 Å². The molecule has 0 saturated carbocycles. The Labute approximate surface area is 111 Å². The van der Waals surface area contributed by atoms with Crippen molar-refractivity contribution in [1.29, 1.82) is 0 Å². The molecule has 1 atom stereocenters. The summed E-state index contributed by atoms with van der Waals surface area (Å²) < 4.78 is 0. The molecule has 2 rings (SSSR count). The average molecular weight is 263 g/mol. The van der Waals surface area contributed by atoms with E-state index in [1.807, 2.05) is 24.3 Å². The van der Waals surface area contributed by atoms with Gasteiger partial charge >= 0.3 is 0 Å². The highest BCUT2D eigenvalue weighted by atomic mass is 35.5. The third-order valence-electron chi connectivity index (χ3n) is 2.84. The maximum absolute atomic E-state index is 5.90. The molecule has 1 heterocycles. The highest BCUT2D eigenvalue weighted by molar-refractivity contribution is 6.30. The summed E-state index contributed by atoms with van der Waals surface area (Å²) in [5.74, 6) is 5.60. The van der Waals surface area contributed by atoms with Crippen molar-refractivity contribution in [2.75, 3.05) is 5.73 Å². The number of nitrogens with two attached hydrogens (primary N) is 2. The van der Waals surface area contributed by atoms with Gasteiger partial charge in [-0.05, 0) is 35.7 Å². The van der Waals surface area contributed by atoms with Crippen molar-refractivity contribution in [3.63, 3.8) is 0 Å². The van der Waals surface area contributed by atoms with Gasteiger partial charge in [-0.1, -0.05) is 23.7 Å². The molecular weight excluding hydrogens is 248 g/mol.